The summed E-state index contributed by atoms with van der Waals surface area (Å²) < 4.78 is 21.5. The molecule has 0 heterocycles. The molecule has 7 atom stereocenters. The summed E-state index contributed by atoms with van der Waals surface area (Å²) in [6.07, 6.45) is 8.96. The van der Waals surface area contributed by atoms with Gasteiger partial charge in [-0.1, -0.05) is 88.3 Å². The van der Waals surface area contributed by atoms with Crippen molar-refractivity contribution in [1.82, 2.24) is 0 Å². The van der Waals surface area contributed by atoms with E-state index in [1.807, 2.05) is 0 Å². The van der Waals surface area contributed by atoms with Crippen LogP contribution in [0, 0.1) is 34.5 Å². The average molecular weight is 665 g/mol. The van der Waals surface area contributed by atoms with Gasteiger partial charge in [0.1, 0.15) is 0 Å². The SMILES string of the molecule is C=C1CCC2[C@H](CO[Si](C)(C)C(C)(C)C)C([C@@]3(C)CC[C@H](O[Si](C)(C)C(C)(C)C)C[C@@H]3CO[Si](C)(C)C(C)(C)C)CC[C@]12C. The smallest absolute Gasteiger partial charge is 0.192 e. The Balaban J connectivity index is 2.00. The van der Waals surface area contributed by atoms with Crippen molar-refractivity contribution in [3.63, 3.8) is 0 Å². The van der Waals surface area contributed by atoms with Gasteiger partial charge >= 0.3 is 0 Å². The molecule has 0 aromatic rings. The Morgan fingerprint density at radius 3 is 1.68 bits per heavy atom. The zero-order valence-electron chi connectivity index (χ0n) is 32.7. The van der Waals surface area contributed by atoms with Crippen molar-refractivity contribution in [3.05, 3.63) is 12.2 Å². The van der Waals surface area contributed by atoms with Crippen LogP contribution in [0.1, 0.15) is 121 Å². The van der Waals surface area contributed by atoms with Gasteiger partial charge in [0.2, 0.25) is 0 Å². The highest BCUT2D eigenvalue weighted by Gasteiger charge is 2.58. The van der Waals surface area contributed by atoms with Crippen LogP contribution in [0.25, 0.3) is 0 Å². The summed E-state index contributed by atoms with van der Waals surface area (Å²) in [4.78, 5) is 0. The Hall–Kier alpha value is 0.271. The molecule has 2 unspecified atom stereocenters. The Morgan fingerprint density at radius 1 is 0.682 bits per heavy atom. The topological polar surface area (TPSA) is 27.7 Å². The molecule has 258 valence electrons. The van der Waals surface area contributed by atoms with Crippen LogP contribution >= 0.6 is 0 Å². The third-order valence-electron chi connectivity index (χ3n) is 14.9. The molecule has 3 rings (SSSR count). The minimum Gasteiger partial charge on any atom is -0.417 e. The van der Waals surface area contributed by atoms with E-state index in [1.165, 1.54) is 44.1 Å². The van der Waals surface area contributed by atoms with Gasteiger partial charge < -0.3 is 13.3 Å². The minimum absolute atomic E-state index is 0.214. The van der Waals surface area contributed by atoms with Gasteiger partial charge in [-0.3, -0.25) is 0 Å². The van der Waals surface area contributed by atoms with Crippen molar-refractivity contribution in [3.8, 4) is 0 Å². The summed E-state index contributed by atoms with van der Waals surface area (Å²) in [6, 6.07) is 0. The number of allylic oxidation sites excluding steroid dienone is 1. The monoisotopic (exact) mass is 665 g/mol. The van der Waals surface area contributed by atoms with E-state index in [1.54, 1.807) is 0 Å². The van der Waals surface area contributed by atoms with Gasteiger partial charge in [-0.05, 0) is 134 Å². The van der Waals surface area contributed by atoms with E-state index >= 15 is 0 Å². The van der Waals surface area contributed by atoms with E-state index < -0.39 is 25.0 Å². The molecule has 3 saturated carbocycles. The fourth-order valence-electron chi connectivity index (χ4n) is 8.12. The van der Waals surface area contributed by atoms with E-state index in [0.717, 1.165) is 19.6 Å². The number of hydrogen-bond donors (Lipinski definition) is 0. The van der Waals surface area contributed by atoms with Crippen molar-refractivity contribution in [2.75, 3.05) is 13.2 Å². The van der Waals surface area contributed by atoms with Crippen LogP contribution in [0.5, 0.6) is 0 Å². The van der Waals surface area contributed by atoms with E-state index in [4.69, 9.17) is 13.3 Å². The Morgan fingerprint density at radius 2 is 1.18 bits per heavy atom. The standard InChI is InChI=1S/C38H76O3Si3/c1-28-19-20-32-31(27-40-43(15,16)35(5,6)7)33(22-24-37(28,32)11)38(12)23-21-30(41-44(17,18)36(8,9)10)25-29(38)26-39-42(13,14)34(2,3)4/h29-33H,1,19-27H2,2-18H3/t29-,30+,31+,32?,33?,37-,38+/m1/s1. The fraction of sp³-hybridized carbons (Fsp3) is 0.947. The molecule has 3 fully saturated rings. The molecule has 3 nitrogen and oxygen atoms in total. The molecule has 0 spiro atoms. The third-order valence-corrected chi connectivity index (χ3v) is 28.4. The molecule has 0 amide bonds. The third kappa shape index (κ3) is 7.61. The highest BCUT2D eigenvalue weighted by Crippen LogP contribution is 2.64. The predicted molar refractivity (Wildman–Crippen MR) is 200 cm³/mol. The van der Waals surface area contributed by atoms with Crippen molar-refractivity contribution < 1.29 is 13.3 Å². The van der Waals surface area contributed by atoms with E-state index in [0.29, 0.717) is 29.8 Å². The van der Waals surface area contributed by atoms with Crippen molar-refractivity contribution >= 4 is 25.0 Å². The van der Waals surface area contributed by atoms with Gasteiger partial charge in [0, 0.05) is 19.3 Å². The lowest BCUT2D eigenvalue weighted by Gasteiger charge is -2.58. The first-order valence-corrected chi connectivity index (χ1v) is 27.0. The molecule has 44 heavy (non-hydrogen) atoms. The second kappa shape index (κ2) is 12.6. The summed E-state index contributed by atoms with van der Waals surface area (Å²) in [6.45, 7) is 47.7. The quantitative estimate of drug-likeness (QED) is 0.181. The van der Waals surface area contributed by atoms with Gasteiger partial charge in [-0.2, -0.15) is 0 Å². The molecule has 3 aliphatic rings. The molecular weight excluding hydrogens is 589 g/mol. The molecule has 0 N–H and O–H groups in total. The molecule has 6 heteroatoms. The lowest BCUT2D eigenvalue weighted by molar-refractivity contribution is -0.0999. The molecule has 0 aromatic heterocycles. The van der Waals surface area contributed by atoms with Gasteiger partial charge in [0.15, 0.2) is 25.0 Å². The molecule has 0 bridgehead atoms. The second-order valence-electron chi connectivity index (χ2n) is 20.6. The highest BCUT2D eigenvalue weighted by molar-refractivity contribution is 6.74. The number of fused-ring (bicyclic) bond motifs is 1. The minimum atomic E-state index is -1.88. The predicted octanol–water partition coefficient (Wildman–Crippen LogP) is 12.2. The summed E-state index contributed by atoms with van der Waals surface area (Å²) in [5.74, 6) is 2.42. The van der Waals surface area contributed by atoms with Crippen LogP contribution in [0.3, 0.4) is 0 Å². The van der Waals surface area contributed by atoms with Crippen LogP contribution in [0.15, 0.2) is 12.2 Å². The summed E-state index contributed by atoms with van der Waals surface area (Å²) in [5, 5.41) is 0.666. The molecule has 0 radical (unpaired) electrons. The average Bonchev–Trinajstić information content (AvgIpc) is 3.15. The number of rotatable bonds is 9. The van der Waals surface area contributed by atoms with Crippen molar-refractivity contribution in [2.45, 2.75) is 182 Å². The van der Waals surface area contributed by atoms with Crippen LogP contribution in [0.4, 0.5) is 0 Å². The largest absolute Gasteiger partial charge is 0.417 e. The summed E-state index contributed by atoms with van der Waals surface area (Å²) in [5.41, 5.74) is 2.00. The molecule has 0 aromatic carbocycles. The van der Waals surface area contributed by atoms with Gasteiger partial charge in [-0.25, -0.2) is 0 Å². The van der Waals surface area contributed by atoms with Gasteiger partial charge in [-0.15, -0.1) is 0 Å². The summed E-state index contributed by atoms with van der Waals surface area (Å²) in [7, 11) is -5.61. The van der Waals surface area contributed by atoms with Gasteiger partial charge in [0.05, 0.1) is 0 Å². The van der Waals surface area contributed by atoms with Crippen LogP contribution < -0.4 is 0 Å². The van der Waals surface area contributed by atoms with Crippen LogP contribution in [-0.4, -0.2) is 44.3 Å². The normalized spacial score (nSPS) is 34.8. The zero-order chi connectivity index (χ0) is 33.9. The first kappa shape index (κ1) is 38.7. The maximum absolute atomic E-state index is 7.17. The maximum Gasteiger partial charge on any atom is 0.192 e. The molecule has 3 aliphatic carbocycles. The Kier molecular flexibility index (Phi) is 11.1. The fourth-order valence-corrected chi connectivity index (χ4v) is 11.6. The van der Waals surface area contributed by atoms with E-state index in [-0.39, 0.29) is 25.9 Å². The number of hydrogen-bond acceptors (Lipinski definition) is 3. The van der Waals surface area contributed by atoms with Crippen LogP contribution in [-0.2, 0) is 13.3 Å². The zero-order valence-corrected chi connectivity index (χ0v) is 35.7. The molecular formula is C38H76O3Si3. The molecule has 0 aliphatic heterocycles. The van der Waals surface area contributed by atoms with Gasteiger partial charge in [0.25, 0.3) is 0 Å². The van der Waals surface area contributed by atoms with Crippen LogP contribution in [0.2, 0.25) is 54.4 Å². The Bertz CT molecular complexity index is 1010. The highest BCUT2D eigenvalue weighted by atomic mass is 28.4. The van der Waals surface area contributed by atoms with Crippen molar-refractivity contribution in [2.24, 2.45) is 34.5 Å². The maximum atomic E-state index is 7.17. The first-order chi connectivity index (χ1) is 19.6. The van der Waals surface area contributed by atoms with E-state index in [9.17, 15) is 0 Å². The lowest BCUT2D eigenvalue weighted by atomic mass is 9.49. The lowest BCUT2D eigenvalue weighted by Crippen LogP contribution is -2.55. The first-order valence-electron chi connectivity index (χ1n) is 18.2. The van der Waals surface area contributed by atoms with E-state index in [2.05, 4.69) is 122 Å². The Labute approximate surface area is 278 Å². The summed E-state index contributed by atoms with van der Waals surface area (Å²) >= 11 is 0. The molecule has 0 saturated heterocycles. The second-order valence-corrected chi connectivity index (χ2v) is 35.0. The van der Waals surface area contributed by atoms with Crippen molar-refractivity contribution in [1.29, 1.82) is 0 Å².